The molecule has 0 saturated carbocycles. The van der Waals surface area contributed by atoms with Gasteiger partial charge in [-0.3, -0.25) is 0 Å². The lowest BCUT2D eigenvalue weighted by Gasteiger charge is -2.12. The Hall–Kier alpha value is -1.10. The van der Waals surface area contributed by atoms with Gasteiger partial charge in [-0.05, 0) is 5.92 Å². The lowest BCUT2D eigenvalue weighted by Crippen LogP contribution is -2.29. The highest BCUT2D eigenvalue weighted by Crippen LogP contribution is 2.02. The van der Waals surface area contributed by atoms with Crippen LogP contribution in [-0.2, 0) is 6.42 Å². The van der Waals surface area contributed by atoms with Gasteiger partial charge in [0.1, 0.15) is 5.82 Å². The van der Waals surface area contributed by atoms with Gasteiger partial charge in [-0.2, -0.15) is 4.98 Å². The molecule has 0 aromatic carbocycles. The van der Waals surface area contributed by atoms with Gasteiger partial charge in [-0.1, -0.05) is 13.8 Å². The quantitative estimate of drug-likeness (QED) is 0.664. The van der Waals surface area contributed by atoms with Crippen LogP contribution in [0.2, 0.25) is 0 Å². The molecule has 0 saturated heterocycles. The maximum absolute atomic E-state index is 10.5. The molecule has 0 amide bonds. The minimum Gasteiger partial charge on any atom is -0.327 e. The van der Waals surface area contributed by atoms with Crippen LogP contribution in [0, 0.1) is 5.92 Å². The van der Waals surface area contributed by atoms with Crippen LogP contribution in [0.15, 0.2) is 9.32 Å². The molecule has 0 unspecified atom stereocenters. The van der Waals surface area contributed by atoms with E-state index in [1.807, 2.05) is 13.8 Å². The van der Waals surface area contributed by atoms with Crippen LogP contribution in [0.3, 0.4) is 0 Å². The molecule has 1 aromatic heterocycles. The van der Waals surface area contributed by atoms with Crippen LogP contribution in [-0.4, -0.2) is 16.2 Å². The second kappa shape index (κ2) is 3.53. The molecule has 0 bridgehead atoms. The molecule has 0 fully saturated rings. The summed E-state index contributed by atoms with van der Waals surface area (Å²) in [5.74, 6) is 0.285. The number of aromatic amines is 1. The maximum atomic E-state index is 10.5. The molecule has 0 aliphatic heterocycles. The first kappa shape index (κ1) is 8.99. The van der Waals surface area contributed by atoms with E-state index in [2.05, 4.69) is 14.7 Å². The Morgan fingerprint density at radius 3 is 2.75 bits per heavy atom. The van der Waals surface area contributed by atoms with Gasteiger partial charge in [0.15, 0.2) is 0 Å². The highest BCUT2D eigenvalue weighted by molar-refractivity contribution is 4.84. The SMILES string of the molecule is CC(C)[C@H](N)Cc1nc(=O)o[nH]1. The Bertz CT molecular complexity index is 289. The highest BCUT2D eigenvalue weighted by Gasteiger charge is 2.11. The molecule has 0 spiro atoms. The minimum absolute atomic E-state index is 0.00532. The summed E-state index contributed by atoms with van der Waals surface area (Å²) in [4.78, 5) is 14.1. The largest absolute Gasteiger partial charge is 0.459 e. The first-order valence-corrected chi connectivity index (χ1v) is 3.89. The van der Waals surface area contributed by atoms with Crippen molar-refractivity contribution in [2.24, 2.45) is 11.7 Å². The molecule has 1 rings (SSSR count). The summed E-state index contributed by atoms with van der Waals surface area (Å²) < 4.78 is 4.40. The number of aromatic nitrogens is 2. The maximum Gasteiger partial charge on any atom is 0.459 e. The van der Waals surface area contributed by atoms with Crippen molar-refractivity contribution in [1.29, 1.82) is 0 Å². The van der Waals surface area contributed by atoms with Gasteiger partial charge in [0.05, 0.1) is 0 Å². The summed E-state index contributed by atoms with van der Waals surface area (Å²) in [6, 6.07) is 0.00532. The third-order valence-corrected chi connectivity index (χ3v) is 1.77. The Labute approximate surface area is 69.9 Å². The molecule has 3 N–H and O–H groups in total. The normalized spacial score (nSPS) is 13.7. The molecule has 1 atom stereocenters. The predicted molar refractivity (Wildman–Crippen MR) is 43.6 cm³/mol. The first-order chi connectivity index (χ1) is 5.59. The standard InChI is InChI=1S/C7H13N3O2/c1-4(2)5(8)3-6-9-7(11)12-10-6/h4-5H,3,8H2,1-2H3,(H,9,10,11)/t5-/m1/s1. The van der Waals surface area contributed by atoms with Gasteiger partial charge in [0.25, 0.3) is 0 Å². The van der Waals surface area contributed by atoms with Crippen LogP contribution in [0.1, 0.15) is 19.7 Å². The Balaban J connectivity index is 2.58. The Kier molecular flexibility index (Phi) is 2.65. The number of hydrogen-bond donors (Lipinski definition) is 2. The monoisotopic (exact) mass is 171 g/mol. The van der Waals surface area contributed by atoms with E-state index in [0.717, 1.165) is 0 Å². The third kappa shape index (κ3) is 2.20. The van der Waals surface area contributed by atoms with Gasteiger partial charge >= 0.3 is 5.76 Å². The molecule has 0 aliphatic carbocycles. The van der Waals surface area contributed by atoms with Crippen molar-refractivity contribution in [3.05, 3.63) is 16.4 Å². The van der Waals surface area contributed by atoms with Crippen molar-refractivity contribution in [2.75, 3.05) is 0 Å². The molecule has 0 aliphatic rings. The fourth-order valence-corrected chi connectivity index (χ4v) is 0.805. The molecular formula is C7H13N3O2. The van der Waals surface area contributed by atoms with E-state index in [1.54, 1.807) is 0 Å². The van der Waals surface area contributed by atoms with E-state index in [1.165, 1.54) is 0 Å². The molecule has 0 radical (unpaired) electrons. The highest BCUT2D eigenvalue weighted by atomic mass is 16.5. The van der Waals surface area contributed by atoms with Crippen molar-refractivity contribution in [1.82, 2.24) is 10.1 Å². The minimum atomic E-state index is -0.596. The van der Waals surface area contributed by atoms with Crippen molar-refractivity contribution in [2.45, 2.75) is 26.3 Å². The zero-order chi connectivity index (χ0) is 9.14. The zero-order valence-electron chi connectivity index (χ0n) is 7.20. The third-order valence-electron chi connectivity index (χ3n) is 1.77. The lowest BCUT2D eigenvalue weighted by atomic mass is 10.0. The average Bonchev–Trinajstić information content (AvgIpc) is 2.35. The number of rotatable bonds is 3. The van der Waals surface area contributed by atoms with E-state index >= 15 is 0 Å². The zero-order valence-corrected chi connectivity index (χ0v) is 7.20. The second-order valence-electron chi connectivity index (χ2n) is 3.14. The number of nitrogens with zero attached hydrogens (tertiary/aromatic N) is 1. The van der Waals surface area contributed by atoms with Gasteiger partial charge in [-0.25, -0.2) is 9.95 Å². The van der Waals surface area contributed by atoms with E-state index in [0.29, 0.717) is 18.2 Å². The summed E-state index contributed by atoms with van der Waals surface area (Å²) in [5.41, 5.74) is 5.75. The fraction of sp³-hybridized carbons (Fsp3) is 0.714. The average molecular weight is 171 g/mol. The van der Waals surface area contributed by atoms with E-state index < -0.39 is 5.76 Å². The summed E-state index contributed by atoms with van der Waals surface area (Å²) >= 11 is 0. The van der Waals surface area contributed by atoms with Crippen LogP contribution in [0.5, 0.6) is 0 Å². The molecule has 1 aromatic rings. The molecule has 1 heterocycles. The summed E-state index contributed by atoms with van der Waals surface area (Å²) in [5, 5.41) is 2.41. The van der Waals surface area contributed by atoms with Crippen LogP contribution in [0.4, 0.5) is 0 Å². The summed E-state index contributed by atoms with van der Waals surface area (Å²) in [7, 11) is 0. The Morgan fingerprint density at radius 2 is 2.33 bits per heavy atom. The van der Waals surface area contributed by atoms with Gasteiger partial charge in [0, 0.05) is 12.5 Å². The molecular weight excluding hydrogens is 158 g/mol. The van der Waals surface area contributed by atoms with Gasteiger partial charge in [0.2, 0.25) is 0 Å². The van der Waals surface area contributed by atoms with Crippen LogP contribution < -0.4 is 11.5 Å². The fourth-order valence-electron chi connectivity index (χ4n) is 0.805. The van der Waals surface area contributed by atoms with E-state index in [-0.39, 0.29) is 6.04 Å². The lowest BCUT2D eigenvalue weighted by molar-refractivity contribution is 0.376. The summed E-state index contributed by atoms with van der Waals surface area (Å²) in [6.07, 6.45) is 0.545. The Morgan fingerprint density at radius 1 is 1.67 bits per heavy atom. The van der Waals surface area contributed by atoms with E-state index in [9.17, 15) is 4.79 Å². The number of H-pyrrole nitrogens is 1. The predicted octanol–water partition coefficient (Wildman–Crippen LogP) is -0.111. The summed E-state index contributed by atoms with van der Waals surface area (Å²) in [6.45, 7) is 4.03. The van der Waals surface area contributed by atoms with Crippen molar-refractivity contribution in [3.8, 4) is 0 Å². The topological polar surface area (TPSA) is 84.9 Å². The number of hydrogen-bond acceptors (Lipinski definition) is 4. The van der Waals surface area contributed by atoms with Crippen molar-refractivity contribution >= 4 is 0 Å². The molecule has 5 heteroatoms. The molecule has 12 heavy (non-hydrogen) atoms. The number of nitrogens with one attached hydrogen (secondary N) is 1. The first-order valence-electron chi connectivity index (χ1n) is 3.89. The van der Waals surface area contributed by atoms with Crippen LogP contribution in [0.25, 0.3) is 0 Å². The van der Waals surface area contributed by atoms with Gasteiger partial charge in [-0.15, -0.1) is 0 Å². The van der Waals surface area contributed by atoms with Crippen molar-refractivity contribution < 1.29 is 4.52 Å². The molecule has 68 valence electrons. The van der Waals surface area contributed by atoms with Gasteiger partial charge < -0.3 is 10.3 Å². The number of nitrogens with two attached hydrogens (primary N) is 1. The second-order valence-corrected chi connectivity index (χ2v) is 3.14. The van der Waals surface area contributed by atoms with Crippen molar-refractivity contribution in [3.63, 3.8) is 0 Å². The smallest absolute Gasteiger partial charge is 0.327 e. The van der Waals surface area contributed by atoms with Crippen LogP contribution >= 0.6 is 0 Å². The van der Waals surface area contributed by atoms with E-state index in [4.69, 9.17) is 5.73 Å². The molecule has 5 nitrogen and oxygen atoms in total.